The minimum absolute atomic E-state index is 0.0266. The van der Waals surface area contributed by atoms with Gasteiger partial charge in [-0.15, -0.1) is 0 Å². The van der Waals surface area contributed by atoms with E-state index in [0.29, 0.717) is 30.8 Å². The second-order valence-electron chi connectivity index (χ2n) is 10.0. The van der Waals surface area contributed by atoms with Crippen molar-refractivity contribution in [2.45, 2.75) is 62.7 Å². The molecule has 0 spiro atoms. The molecular formula is C28H40N8O5S. The monoisotopic (exact) mass is 600 g/mol. The number of benzene rings is 1. The Hall–Kier alpha value is -3.88. The molecule has 3 amide bonds. The number of amides is 3. The minimum atomic E-state index is -1.17. The average molecular weight is 601 g/mol. The summed E-state index contributed by atoms with van der Waals surface area (Å²) in [6, 6.07) is 3.40. The molecule has 2 aromatic heterocycles. The SMILES string of the molecule is CSCCC(NC(=O)C(Cc1cnc[nH]1)NC(=O)C(Cc1c[nH]c2ccccc12)NC(=O)C(N)CCCCN)C(=O)O. The minimum Gasteiger partial charge on any atom is -0.480 e. The maximum atomic E-state index is 13.7. The lowest BCUT2D eigenvalue weighted by atomic mass is 10.0. The lowest BCUT2D eigenvalue weighted by Gasteiger charge is -2.25. The molecule has 42 heavy (non-hydrogen) atoms. The van der Waals surface area contributed by atoms with Crippen LogP contribution in [0.3, 0.4) is 0 Å². The summed E-state index contributed by atoms with van der Waals surface area (Å²) >= 11 is 1.46. The number of hydrogen-bond acceptors (Lipinski definition) is 8. The van der Waals surface area contributed by atoms with E-state index in [4.69, 9.17) is 11.5 Å². The first-order chi connectivity index (χ1) is 20.2. The third-order valence-electron chi connectivity index (χ3n) is 6.88. The number of carbonyl (C=O) groups excluding carboxylic acids is 3. The van der Waals surface area contributed by atoms with Crippen LogP contribution in [0.15, 0.2) is 43.0 Å². The van der Waals surface area contributed by atoms with E-state index in [0.717, 1.165) is 22.9 Å². The van der Waals surface area contributed by atoms with E-state index in [-0.39, 0.29) is 19.3 Å². The van der Waals surface area contributed by atoms with Gasteiger partial charge in [0.1, 0.15) is 18.1 Å². The molecule has 0 aliphatic carbocycles. The summed E-state index contributed by atoms with van der Waals surface area (Å²) in [6.07, 6.45) is 8.73. The number of nitrogens with two attached hydrogens (primary N) is 2. The van der Waals surface area contributed by atoms with E-state index < -0.39 is 47.9 Å². The summed E-state index contributed by atoms with van der Waals surface area (Å²) in [5.41, 5.74) is 13.9. The maximum Gasteiger partial charge on any atom is 0.326 e. The number of aromatic nitrogens is 3. The van der Waals surface area contributed by atoms with Gasteiger partial charge >= 0.3 is 5.97 Å². The van der Waals surface area contributed by atoms with Gasteiger partial charge in [0.2, 0.25) is 17.7 Å². The first-order valence-electron chi connectivity index (χ1n) is 13.8. The molecule has 0 radical (unpaired) electrons. The Balaban J connectivity index is 1.83. The van der Waals surface area contributed by atoms with Gasteiger partial charge in [-0.25, -0.2) is 9.78 Å². The Labute approximate surface area is 248 Å². The molecule has 4 atom stereocenters. The van der Waals surface area contributed by atoms with Crippen LogP contribution in [0.5, 0.6) is 0 Å². The van der Waals surface area contributed by atoms with E-state index in [1.807, 2.05) is 30.5 Å². The summed E-state index contributed by atoms with van der Waals surface area (Å²) in [5, 5.41) is 18.6. The van der Waals surface area contributed by atoms with E-state index in [2.05, 4.69) is 30.9 Å². The van der Waals surface area contributed by atoms with Crippen molar-refractivity contribution in [2.24, 2.45) is 11.5 Å². The van der Waals surface area contributed by atoms with Crippen LogP contribution in [-0.4, -0.2) is 86.5 Å². The molecule has 14 heteroatoms. The lowest BCUT2D eigenvalue weighted by molar-refractivity contribution is -0.142. The van der Waals surface area contributed by atoms with Crippen LogP contribution >= 0.6 is 11.8 Å². The van der Waals surface area contributed by atoms with Gasteiger partial charge < -0.3 is 42.5 Å². The normalized spacial score (nSPS) is 14.1. The van der Waals surface area contributed by atoms with Gasteiger partial charge in [-0.2, -0.15) is 11.8 Å². The largest absolute Gasteiger partial charge is 0.480 e. The Kier molecular flexibility index (Phi) is 12.8. The fraction of sp³-hybridized carbons (Fsp3) is 0.464. The van der Waals surface area contributed by atoms with Crippen LogP contribution in [-0.2, 0) is 32.0 Å². The zero-order valence-electron chi connectivity index (χ0n) is 23.6. The highest BCUT2D eigenvalue weighted by atomic mass is 32.2. The van der Waals surface area contributed by atoms with Crippen molar-refractivity contribution in [3.05, 3.63) is 54.2 Å². The second-order valence-corrected chi connectivity index (χ2v) is 11.0. The highest BCUT2D eigenvalue weighted by Crippen LogP contribution is 2.19. The summed E-state index contributed by atoms with van der Waals surface area (Å²) in [6.45, 7) is 0.486. The molecule has 4 unspecified atom stereocenters. The van der Waals surface area contributed by atoms with Gasteiger partial charge in [0.05, 0.1) is 12.4 Å². The number of unbranched alkanes of at least 4 members (excludes halogenated alkanes) is 1. The molecule has 0 saturated carbocycles. The van der Waals surface area contributed by atoms with Crippen LogP contribution < -0.4 is 27.4 Å². The standard InChI is InChI=1S/C28H40N8O5S/c1-42-11-9-22(28(40)41)34-27(39)24(13-18-15-31-16-33-18)36-26(38)23(35-25(37)20(30)7-4-5-10-29)12-17-14-32-21-8-3-2-6-19(17)21/h2-3,6,8,14-16,20,22-24,32H,4-5,7,9-13,29-30H2,1H3,(H,31,33)(H,34,39)(H,35,37)(H,36,38)(H,40,41). The number of carbonyl (C=O) groups is 4. The fourth-order valence-electron chi connectivity index (χ4n) is 4.51. The molecule has 3 rings (SSSR count). The summed E-state index contributed by atoms with van der Waals surface area (Å²) in [5.74, 6) is -2.42. The molecule has 1 aromatic carbocycles. The van der Waals surface area contributed by atoms with Crippen LogP contribution in [0, 0.1) is 0 Å². The molecule has 0 aliphatic heterocycles. The number of hydrogen-bond donors (Lipinski definition) is 8. The van der Waals surface area contributed by atoms with Crippen LogP contribution in [0.2, 0.25) is 0 Å². The summed E-state index contributed by atoms with van der Waals surface area (Å²) in [7, 11) is 0. The summed E-state index contributed by atoms with van der Waals surface area (Å²) < 4.78 is 0. The molecular weight excluding hydrogens is 560 g/mol. The molecule has 0 aliphatic rings. The van der Waals surface area contributed by atoms with Gasteiger partial charge in [0, 0.05) is 41.8 Å². The smallest absolute Gasteiger partial charge is 0.326 e. The number of carboxylic acids is 1. The number of nitrogens with one attached hydrogen (secondary N) is 5. The first kappa shape index (κ1) is 32.6. The zero-order chi connectivity index (χ0) is 30.5. The average Bonchev–Trinajstić information content (AvgIpc) is 3.64. The quantitative estimate of drug-likeness (QED) is 0.0947. The number of aliphatic carboxylic acids is 1. The number of aromatic amines is 2. The van der Waals surface area contributed by atoms with Gasteiger partial charge in [0.25, 0.3) is 0 Å². The Morgan fingerprint density at radius 2 is 1.64 bits per heavy atom. The van der Waals surface area contributed by atoms with Crippen molar-refractivity contribution in [3.8, 4) is 0 Å². The van der Waals surface area contributed by atoms with Gasteiger partial charge in [0.15, 0.2) is 0 Å². The first-order valence-corrected chi connectivity index (χ1v) is 15.2. The van der Waals surface area contributed by atoms with Crippen LogP contribution in [0.1, 0.15) is 36.9 Å². The van der Waals surface area contributed by atoms with Crippen molar-refractivity contribution in [1.82, 2.24) is 30.9 Å². The maximum absolute atomic E-state index is 13.7. The predicted octanol–water partition coefficient (Wildman–Crippen LogP) is 0.425. The van der Waals surface area contributed by atoms with Crippen molar-refractivity contribution < 1.29 is 24.3 Å². The van der Waals surface area contributed by atoms with Crippen molar-refractivity contribution in [3.63, 3.8) is 0 Å². The fourth-order valence-corrected chi connectivity index (χ4v) is 4.98. The van der Waals surface area contributed by atoms with E-state index in [9.17, 15) is 24.3 Å². The number of para-hydroxylation sites is 1. The van der Waals surface area contributed by atoms with E-state index in [1.54, 1.807) is 6.20 Å². The highest BCUT2D eigenvalue weighted by molar-refractivity contribution is 7.98. The van der Waals surface area contributed by atoms with Crippen molar-refractivity contribution in [1.29, 1.82) is 0 Å². The Bertz CT molecular complexity index is 1310. The van der Waals surface area contributed by atoms with Crippen LogP contribution in [0.25, 0.3) is 10.9 Å². The third kappa shape index (κ3) is 9.60. The lowest BCUT2D eigenvalue weighted by Crippen LogP contribution is -2.58. The van der Waals surface area contributed by atoms with Gasteiger partial charge in [-0.05, 0) is 49.4 Å². The Morgan fingerprint density at radius 1 is 0.952 bits per heavy atom. The van der Waals surface area contributed by atoms with E-state index in [1.165, 1.54) is 24.3 Å². The molecule has 228 valence electrons. The number of imidazole rings is 1. The molecule has 0 fully saturated rings. The zero-order valence-corrected chi connectivity index (χ0v) is 24.4. The van der Waals surface area contributed by atoms with Gasteiger partial charge in [-0.3, -0.25) is 14.4 Å². The number of carboxylic acid groups (broad SMARTS) is 1. The van der Waals surface area contributed by atoms with Crippen molar-refractivity contribution >= 4 is 46.4 Å². The molecule has 3 aromatic rings. The number of H-pyrrole nitrogens is 2. The van der Waals surface area contributed by atoms with E-state index >= 15 is 0 Å². The summed E-state index contributed by atoms with van der Waals surface area (Å²) in [4.78, 5) is 61.9. The number of thioether (sulfide) groups is 1. The topological polar surface area (TPSA) is 221 Å². The molecule has 0 saturated heterocycles. The number of nitrogens with zero attached hydrogens (tertiary/aromatic N) is 1. The molecule has 10 N–H and O–H groups in total. The highest BCUT2D eigenvalue weighted by Gasteiger charge is 2.31. The van der Waals surface area contributed by atoms with Crippen LogP contribution in [0.4, 0.5) is 0 Å². The molecule has 13 nitrogen and oxygen atoms in total. The Morgan fingerprint density at radius 3 is 2.31 bits per heavy atom. The molecule has 0 bridgehead atoms. The van der Waals surface area contributed by atoms with Crippen molar-refractivity contribution in [2.75, 3.05) is 18.6 Å². The number of rotatable bonds is 18. The number of fused-ring (bicyclic) bond motifs is 1. The molecule has 2 heterocycles. The second kappa shape index (κ2) is 16.5. The van der Waals surface area contributed by atoms with Gasteiger partial charge in [-0.1, -0.05) is 24.6 Å². The predicted molar refractivity (Wildman–Crippen MR) is 162 cm³/mol. The third-order valence-corrected chi connectivity index (χ3v) is 7.52.